The van der Waals surface area contributed by atoms with E-state index in [-0.39, 0.29) is 17.3 Å². The molecule has 1 aliphatic carbocycles. The standard InChI is InChI=1S/C15H20FNO2/c1-9-6-10(2)8-11(7-9)17-14-12(15(18)19)4-3-5-13(14)16/h3-5,9-11,17H,6-8H2,1-2H3,(H,18,19). The van der Waals surface area contributed by atoms with Gasteiger partial charge in [-0.1, -0.05) is 19.9 Å². The van der Waals surface area contributed by atoms with Crippen LogP contribution in [0.3, 0.4) is 0 Å². The van der Waals surface area contributed by atoms with Crippen LogP contribution in [0.15, 0.2) is 18.2 Å². The van der Waals surface area contributed by atoms with Crippen LogP contribution in [0, 0.1) is 17.7 Å². The Morgan fingerprint density at radius 1 is 1.26 bits per heavy atom. The molecule has 2 rings (SSSR count). The maximum Gasteiger partial charge on any atom is 0.337 e. The molecule has 1 aromatic carbocycles. The van der Waals surface area contributed by atoms with E-state index in [0.717, 1.165) is 12.8 Å². The second-order valence-corrected chi connectivity index (χ2v) is 5.73. The number of halogens is 1. The van der Waals surface area contributed by atoms with Crippen molar-refractivity contribution in [2.45, 2.75) is 39.2 Å². The number of nitrogens with one attached hydrogen (secondary N) is 1. The van der Waals surface area contributed by atoms with E-state index < -0.39 is 11.8 Å². The number of para-hydroxylation sites is 1. The predicted octanol–water partition coefficient (Wildman–Crippen LogP) is 3.76. The van der Waals surface area contributed by atoms with Crippen molar-refractivity contribution in [2.75, 3.05) is 5.32 Å². The number of carboxylic acid groups (broad SMARTS) is 1. The minimum atomic E-state index is -1.10. The van der Waals surface area contributed by atoms with Crippen LogP contribution in [-0.2, 0) is 0 Å². The third-order valence-corrected chi connectivity index (χ3v) is 3.77. The lowest BCUT2D eigenvalue weighted by atomic mass is 9.80. The second-order valence-electron chi connectivity index (χ2n) is 5.73. The molecule has 1 fully saturated rings. The van der Waals surface area contributed by atoms with E-state index in [1.807, 2.05) is 0 Å². The smallest absolute Gasteiger partial charge is 0.337 e. The van der Waals surface area contributed by atoms with Crippen LogP contribution in [0.5, 0.6) is 0 Å². The highest BCUT2D eigenvalue weighted by Gasteiger charge is 2.25. The lowest BCUT2D eigenvalue weighted by Crippen LogP contribution is -2.31. The summed E-state index contributed by atoms with van der Waals surface area (Å²) in [5, 5.41) is 12.2. The molecule has 104 valence electrons. The first-order valence-corrected chi connectivity index (χ1v) is 6.75. The van der Waals surface area contributed by atoms with Crippen LogP contribution in [-0.4, -0.2) is 17.1 Å². The van der Waals surface area contributed by atoms with Crippen molar-refractivity contribution in [1.82, 2.24) is 0 Å². The summed E-state index contributed by atoms with van der Waals surface area (Å²) in [4.78, 5) is 11.1. The number of aromatic carboxylic acids is 1. The average molecular weight is 265 g/mol. The molecule has 0 amide bonds. The van der Waals surface area contributed by atoms with Crippen molar-refractivity contribution < 1.29 is 14.3 Å². The van der Waals surface area contributed by atoms with E-state index >= 15 is 0 Å². The monoisotopic (exact) mass is 265 g/mol. The van der Waals surface area contributed by atoms with Gasteiger partial charge in [-0.3, -0.25) is 0 Å². The van der Waals surface area contributed by atoms with Gasteiger partial charge >= 0.3 is 5.97 Å². The van der Waals surface area contributed by atoms with Crippen LogP contribution in [0.25, 0.3) is 0 Å². The third-order valence-electron chi connectivity index (χ3n) is 3.77. The molecule has 3 nitrogen and oxygen atoms in total. The molecule has 2 atom stereocenters. The Morgan fingerprint density at radius 2 is 1.89 bits per heavy atom. The first-order valence-electron chi connectivity index (χ1n) is 6.75. The Kier molecular flexibility index (Phi) is 4.08. The van der Waals surface area contributed by atoms with Gasteiger partial charge in [0.2, 0.25) is 0 Å². The summed E-state index contributed by atoms with van der Waals surface area (Å²) in [5.41, 5.74) is 0.132. The molecule has 1 aromatic rings. The first kappa shape index (κ1) is 13.8. The van der Waals surface area contributed by atoms with Crippen LogP contribution < -0.4 is 5.32 Å². The largest absolute Gasteiger partial charge is 0.478 e. The molecule has 0 saturated heterocycles. The van der Waals surface area contributed by atoms with Gasteiger partial charge in [0.05, 0.1) is 11.3 Å². The Balaban J connectivity index is 2.21. The number of rotatable bonds is 3. The molecule has 0 heterocycles. The molecule has 0 radical (unpaired) electrons. The lowest BCUT2D eigenvalue weighted by Gasteiger charge is -2.33. The highest BCUT2D eigenvalue weighted by molar-refractivity contribution is 5.94. The number of hydrogen-bond acceptors (Lipinski definition) is 2. The summed E-state index contributed by atoms with van der Waals surface area (Å²) in [6.07, 6.45) is 3.09. The zero-order valence-electron chi connectivity index (χ0n) is 11.3. The SMILES string of the molecule is CC1CC(C)CC(Nc2c(F)cccc2C(=O)O)C1. The maximum atomic E-state index is 13.8. The molecule has 0 bridgehead atoms. The molecule has 2 N–H and O–H groups in total. The lowest BCUT2D eigenvalue weighted by molar-refractivity contribution is 0.0697. The molecule has 0 aliphatic heterocycles. The van der Waals surface area contributed by atoms with Crippen molar-refractivity contribution in [3.63, 3.8) is 0 Å². The molecule has 1 aliphatic rings. The van der Waals surface area contributed by atoms with Gasteiger partial charge in [0.1, 0.15) is 5.82 Å². The van der Waals surface area contributed by atoms with Crippen LogP contribution >= 0.6 is 0 Å². The van der Waals surface area contributed by atoms with E-state index in [4.69, 9.17) is 5.11 Å². The van der Waals surface area contributed by atoms with Gasteiger partial charge in [-0.2, -0.15) is 0 Å². The zero-order valence-corrected chi connectivity index (χ0v) is 11.3. The number of carbonyl (C=O) groups is 1. The van der Waals surface area contributed by atoms with E-state index in [9.17, 15) is 9.18 Å². The van der Waals surface area contributed by atoms with Gasteiger partial charge in [-0.05, 0) is 43.2 Å². The maximum absolute atomic E-state index is 13.8. The predicted molar refractivity (Wildman–Crippen MR) is 72.9 cm³/mol. The van der Waals surface area contributed by atoms with Gasteiger partial charge in [0.15, 0.2) is 0 Å². The fourth-order valence-corrected chi connectivity index (χ4v) is 3.12. The van der Waals surface area contributed by atoms with Crippen LogP contribution in [0.2, 0.25) is 0 Å². The Hall–Kier alpha value is -1.58. The fourth-order valence-electron chi connectivity index (χ4n) is 3.12. The van der Waals surface area contributed by atoms with Crippen molar-refractivity contribution in [2.24, 2.45) is 11.8 Å². The summed E-state index contributed by atoms with van der Waals surface area (Å²) in [5.74, 6) is -0.424. The minimum Gasteiger partial charge on any atom is -0.478 e. The first-order chi connectivity index (χ1) is 8.97. The molecule has 0 aromatic heterocycles. The van der Waals surface area contributed by atoms with Gasteiger partial charge in [-0.25, -0.2) is 9.18 Å². The molecule has 1 saturated carbocycles. The Labute approximate surface area is 112 Å². The second kappa shape index (κ2) is 5.59. The fraction of sp³-hybridized carbons (Fsp3) is 0.533. The summed E-state index contributed by atoms with van der Waals surface area (Å²) < 4.78 is 13.8. The topological polar surface area (TPSA) is 49.3 Å². The quantitative estimate of drug-likeness (QED) is 0.874. The summed E-state index contributed by atoms with van der Waals surface area (Å²) in [6.45, 7) is 4.37. The summed E-state index contributed by atoms with van der Waals surface area (Å²) >= 11 is 0. The summed E-state index contributed by atoms with van der Waals surface area (Å²) in [7, 11) is 0. The van der Waals surface area contributed by atoms with E-state index in [1.54, 1.807) is 0 Å². The number of anilines is 1. The molecule has 0 spiro atoms. The van der Waals surface area contributed by atoms with Crippen LogP contribution in [0.4, 0.5) is 10.1 Å². The molecular weight excluding hydrogens is 245 g/mol. The molecule has 4 heteroatoms. The Morgan fingerprint density at radius 3 is 2.47 bits per heavy atom. The number of benzene rings is 1. The molecule has 19 heavy (non-hydrogen) atoms. The van der Waals surface area contributed by atoms with Crippen molar-refractivity contribution in [3.05, 3.63) is 29.6 Å². The van der Waals surface area contributed by atoms with E-state index in [0.29, 0.717) is 11.8 Å². The van der Waals surface area contributed by atoms with Crippen molar-refractivity contribution >= 4 is 11.7 Å². The highest BCUT2D eigenvalue weighted by Crippen LogP contribution is 2.32. The van der Waals surface area contributed by atoms with Crippen LogP contribution in [0.1, 0.15) is 43.5 Å². The third kappa shape index (κ3) is 3.25. The number of hydrogen-bond donors (Lipinski definition) is 2. The zero-order chi connectivity index (χ0) is 14.0. The molecule has 2 unspecified atom stereocenters. The van der Waals surface area contributed by atoms with E-state index in [2.05, 4.69) is 19.2 Å². The Bertz CT molecular complexity index is 465. The minimum absolute atomic E-state index is 0.00544. The normalized spacial score (nSPS) is 27.0. The van der Waals surface area contributed by atoms with Gasteiger partial charge in [-0.15, -0.1) is 0 Å². The van der Waals surface area contributed by atoms with Gasteiger partial charge in [0, 0.05) is 6.04 Å². The summed E-state index contributed by atoms with van der Waals surface area (Å²) in [6, 6.07) is 4.30. The average Bonchev–Trinajstić information content (AvgIpc) is 2.30. The highest BCUT2D eigenvalue weighted by atomic mass is 19.1. The molecular formula is C15H20FNO2. The van der Waals surface area contributed by atoms with Gasteiger partial charge in [0.25, 0.3) is 0 Å². The van der Waals surface area contributed by atoms with Crippen molar-refractivity contribution in [3.8, 4) is 0 Å². The van der Waals surface area contributed by atoms with Crippen molar-refractivity contribution in [1.29, 1.82) is 0 Å². The van der Waals surface area contributed by atoms with Gasteiger partial charge < -0.3 is 10.4 Å². The number of carboxylic acids is 1. The van der Waals surface area contributed by atoms with E-state index in [1.165, 1.54) is 24.6 Å².